The highest BCUT2D eigenvalue weighted by atomic mass is 16.2. The molecule has 0 fully saturated rings. The summed E-state index contributed by atoms with van der Waals surface area (Å²) in [6.45, 7) is 4.38. The normalized spacial score (nSPS) is 10.3. The minimum Gasteiger partial charge on any atom is -0.348 e. The van der Waals surface area contributed by atoms with Gasteiger partial charge in [-0.3, -0.25) is 9.59 Å². The van der Waals surface area contributed by atoms with Gasteiger partial charge in [-0.25, -0.2) is 0 Å². The Kier molecular flexibility index (Phi) is 5.67. The van der Waals surface area contributed by atoms with Crippen molar-refractivity contribution in [3.63, 3.8) is 0 Å². The second kappa shape index (κ2) is 8.32. The van der Waals surface area contributed by atoms with Crippen LogP contribution in [0.1, 0.15) is 37.4 Å². The molecule has 0 aliphatic rings. The van der Waals surface area contributed by atoms with Crippen LogP contribution in [-0.2, 0) is 6.54 Å². The van der Waals surface area contributed by atoms with E-state index < -0.39 is 0 Å². The maximum absolute atomic E-state index is 12.6. The van der Waals surface area contributed by atoms with Crippen molar-refractivity contribution in [3.8, 4) is 0 Å². The van der Waals surface area contributed by atoms with Crippen molar-refractivity contribution < 1.29 is 9.59 Å². The second-order valence-corrected chi connectivity index (χ2v) is 6.54. The summed E-state index contributed by atoms with van der Waals surface area (Å²) >= 11 is 0. The molecule has 27 heavy (non-hydrogen) atoms. The molecule has 4 heteroatoms. The van der Waals surface area contributed by atoms with Crippen LogP contribution < -0.4 is 10.6 Å². The minimum atomic E-state index is -0.238. The van der Waals surface area contributed by atoms with Crippen LogP contribution >= 0.6 is 0 Å². The maximum Gasteiger partial charge on any atom is 0.255 e. The van der Waals surface area contributed by atoms with E-state index in [1.807, 2.05) is 56.3 Å². The summed E-state index contributed by atoms with van der Waals surface area (Å²) in [7, 11) is 0. The van der Waals surface area contributed by atoms with E-state index in [1.165, 1.54) is 0 Å². The first-order valence-corrected chi connectivity index (χ1v) is 8.84. The lowest BCUT2D eigenvalue weighted by Gasteiger charge is -2.12. The van der Waals surface area contributed by atoms with Gasteiger partial charge in [-0.1, -0.05) is 59.7 Å². The van der Waals surface area contributed by atoms with Crippen LogP contribution in [0.4, 0.5) is 5.69 Å². The van der Waals surface area contributed by atoms with Gasteiger partial charge in [0.2, 0.25) is 0 Å². The van der Waals surface area contributed by atoms with Crippen LogP contribution in [0.2, 0.25) is 0 Å². The molecule has 0 aliphatic heterocycles. The van der Waals surface area contributed by atoms with Crippen molar-refractivity contribution in [1.82, 2.24) is 5.32 Å². The topological polar surface area (TPSA) is 58.2 Å². The second-order valence-electron chi connectivity index (χ2n) is 6.54. The van der Waals surface area contributed by atoms with Crippen LogP contribution in [0.5, 0.6) is 0 Å². The largest absolute Gasteiger partial charge is 0.348 e. The Bertz CT molecular complexity index is 979. The van der Waals surface area contributed by atoms with Gasteiger partial charge in [0.1, 0.15) is 0 Å². The first-order chi connectivity index (χ1) is 13.0. The molecule has 0 saturated heterocycles. The number of rotatable bonds is 5. The molecule has 3 rings (SSSR count). The summed E-state index contributed by atoms with van der Waals surface area (Å²) < 4.78 is 0. The molecule has 0 unspecified atom stereocenters. The molecule has 0 radical (unpaired) electrons. The third kappa shape index (κ3) is 4.82. The van der Waals surface area contributed by atoms with Crippen molar-refractivity contribution in [2.24, 2.45) is 0 Å². The van der Waals surface area contributed by atoms with Crippen molar-refractivity contribution in [1.29, 1.82) is 0 Å². The zero-order chi connectivity index (χ0) is 19.2. The van der Waals surface area contributed by atoms with Gasteiger partial charge >= 0.3 is 0 Å². The number of carbonyl (C=O) groups excluding carboxylic acids is 2. The van der Waals surface area contributed by atoms with E-state index in [2.05, 4.69) is 10.6 Å². The van der Waals surface area contributed by atoms with Gasteiger partial charge in [0, 0.05) is 12.1 Å². The Morgan fingerprint density at radius 3 is 2.22 bits per heavy atom. The van der Waals surface area contributed by atoms with Crippen LogP contribution in [0.25, 0.3) is 0 Å². The number of aryl methyl sites for hydroxylation is 2. The highest BCUT2D eigenvalue weighted by Crippen LogP contribution is 2.17. The Labute approximate surface area is 159 Å². The lowest BCUT2D eigenvalue weighted by atomic mass is 10.1. The van der Waals surface area contributed by atoms with Crippen molar-refractivity contribution in [2.45, 2.75) is 20.4 Å². The van der Waals surface area contributed by atoms with Crippen LogP contribution in [0, 0.1) is 13.8 Å². The lowest BCUT2D eigenvalue weighted by Crippen LogP contribution is -2.25. The molecule has 0 atom stereocenters. The van der Waals surface area contributed by atoms with Crippen LogP contribution in [-0.4, -0.2) is 11.8 Å². The number of anilines is 1. The number of carbonyl (C=O) groups is 2. The summed E-state index contributed by atoms with van der Waals surface area (Å²) in [5, 5.41) is 5.76. The minimum absolute atomic E-state index is 0.225. The van der Waals surface area contributed by atoms with Gasteiger partial charge in [-0.15, -0.1) is 0 Å². The number of nitrogens with one attached hydrogen (secondary N) is 2. The Balaban J connectivity index is 1.73. The first-order valence-electron chi connectivity index (χ1n) is 8.84. The van der Waals surface area contributed by atoms with Gasteiger partial charge in [-0.05, 0) is 43.7 Å². The average Bonchev–Trinajstić information content (AvgIpc) is 2.66. The van der Waals surface area contributed by atoms with Crippen LogP contribution in [0.3, 0.4) is 0 Å². The number of benzene rings is 3. The van der Waals surface area contributed by atoms with E-state index in [1.54, 1.807) is 30.3 Å². The third-order valence-corrected chi connectivity index (χ3v) is 4.24. The van der Waals surface area contributed by atoms with Gasteiger partial charge in [0.05, 0.1) is 11.3 Å². The molecular weight excluding hydrogens is 336 g/mol. The Hall–Kier alpha value is -3.40. The zero-order valence-corrected chi connectivity index (χ0v) is 15.5. The number of amides is 2. The molecule has 4 nitrogen and oxygen atoms in total. The molecule has 0 aliphatic carbocycles. The molecule has 2 amide bonds. The number of hydrogen-bond acceptors (Lipinski definition) is 2. The molecule has 2 N–H and O–H groups in total. The van der Waals surface area contributed by atoms with E-state index in [0.717, 1.165) is 16.7 Å². The molecule has 3 aromatic rings. The smallest absolute Gasteiger partial charge is 0.255 e. The standard InChI is InChI=1S/C23H22N2O2/c1-16-7-5-9-18(13-16)15-24-23(27)20-11-3-4-12-21(20)25-22(26)19-10-6-8-17(2)14-19/h3-14H,15H2,1-2H3,(H,24,27)(H,25,26). The van der Waals surface area contributed by atoms with Crippen molar-refractivity contribution >= 4 is 17.5 Å². The average molecular weight is 358 g/mol. The molecule has 0 bridgehead atoms. The predicted molar refractivity (Wildman–Crippen MR) is 108 cm³/mol. The summed E-state index contributed by atoms with van der Waals surface area (Å²) in [4.78, 5) is 25.1. The van der Waals surface area contributed by atoms with Gasteiger partial charge in [0.25, 0.3) is 11.8 Å². The molecule has 0 spiro atoms. The first kappa shape index (κ1) is 18.4. The maximum atomic E-state index is 12.6. The van der Waals surface area contributed by atoms with Gasteiger partial charge in [0.15, 0.2) is 0 Å². The highest BCUT2D eigenvalue weighted by molar-refractivity contribution is 6.09. The fraction of sp³-hybridized carbons (Fsp3) is 0.130. The van der Waals surface area contributed by atoms with Crippen LogP contribution in [0.15, 0.2) is 72.8 Å². The van der Waals surface area contributed by atoms with E-state index in [9.17, 15) is 9.59 Å². The third-order valence-electron chi connectivity index (χ3n) is 4.24. The molecule has 0 aromatic heterocycles. The molecule has 136 valence electrons. The quantitative estimate of drug-likeness (QED) is 0.706. The van der Waals surface area contributed by atoms with Crippen molar-refractivity contribution in [2.75, 3.05) is 5.32 Å². The Morgan fingerprint density at radius 1 is 0.778 bits per heavy atom. The van der Waals surface area contributed by atoms with E-state index in [-0.39, 0.29) is 11.8 Å². The summed E-state index contributed by atoms with van der Waals surface area (Å²) in [6, 6.07) is 22.3. The highest BCUT2D eigenvalue weighted by Gasteiger charge is 2.14. The fourth-order valence-electron chi connectivity index (χ4n) is 2.87. The number of hydrogen-bond donors (Lipinski definition) is 2. The fourth-order valence-corrected chi connectivity index (χ4v) is 2.87. The molecule has 0 heterocycles. The summed E-state index contributed by atoms with van der Waals surface area (Å²) in [6.07, 6.45) is 0. The number of para-hydroxylation sites is 1. The predicted octanol–water partition coefficient (Wildman–Crippen LogP) is 4.49. The molecular formula is C23H22N2O2. The van der Waals surface area contributed by atoms with E-state index >= 15 is 0 Å². The van der Waals surface area contributed by atoms with E-state index in [4.69, 9.17) is 0 Å². The van der Waals surface area contributed by atoms with E-state index in [0.29, 0.717) is 23.4 Å². The summed E-state index contributed by atoms with van der Waals surface area (Å²) in [5.74, 6) is -0.464. The Morgan fingerprint density at radius 2 is 1.48 bits per heavy atom. The summed E-state index contributed by atoms with van der Waals surface area (Å²) in [5.41, 5.74) is 4.67. The molecule has 0 saturated carbocycles. The van der Waals surface area contributed by atoms with Gasteiger partial charge < -0.3 is 10.6 Å². The SMILES string of the molecule is Cc1cccc(CNC(=O)c2ccccc2NC(=O)c2cccc(C)c2)c1. The van der Waals surface area contributed by atoms with Crippen molar-refractivity contribution in [3.05, 3.63) is 101 Å². The monoisotopic (exact) mass is 358 g/mol. The lowest BCUT2D eigenvalue weighted by molar-refractivity contribution is 0.0952. The zero-order valence-electron chi connectivity index (χ0n) is 15.5. The van der Waals surface area contributed by atoms with Gasteiger partial charge in [-0.2, -0.15) is 0 Å². The molecule has 3 aromatic carbocycles.